The summed E-state index contributed by atoms with van der Waals surface area (Å²) in [7, 11) is 1.23. The van der Waals surface area contributed by atoms with Crippen molar-refractivity contribution in [1.29, 1.82) is 0 Å². The van der Waals surface area contributed by atoms with E-state index >= 15 is 0 Å². The van der Waals surface area contributed by atoms with E-state index in [4.69, 9.17) is 4.84 Å². The second-order valence-electron chi connectivity index (χ2n) is 5.61. The van der Waals surface area contributed by atoms with E-state index in [0.29, 0.717) is 5.56 Å². The Labute approximate surface area is 158 Å². The first-order valence-corrected chi connectivity index (χ1v) is 8.01. The van der Waals surface area contributed by atoms with E-state index in [1.165, 1.54) is 32.2 Å². The normalized spacial score (nSPS) is 12.6. The average molecular weight is 394 g/mol. The molecule has 0 unspecified atom stereocenters. The lowest BCUT2D eigenvalue weighted by molar-refractivity contribution is -0.137. The number of rotatable bonds is 7. The van der Waals surface area contributed by atoms with Crippen LogP contribution in [0.4, 0.5) is 13.2 Å². The summed E-state index contributed by atoms with van der Waals surface area (Å²) in [5, 5.41) is 16.6. The van der Waals surface area contributed by atoms with E-state index in [9.17, 15) is 23.1 Å². The number of oxime groups is 2. The van der Waals surface area contributed by atoms with Crippen LogP contribution in [0.3, 0.4) is 0 Å². The van der Waals surface area contributed by atoms with E-state index in [1.807, 2.05) is 0 Å². The van der Waals surface area contributed by atoms with Gasteiger partial charge in [0.15, 0.2) is 5.71 Å². The molecular weight excluding hydrogens is 377 g/mol. The summed E-state index contributed by atoms with van der Waals surface area (Å²) < 4.78 is 38.4. The lowest BCUT2D eigenvalue weighted by Gasteiger charge is -2.10. The molecule has 2 aromatic carbocycles. The Balaban J connectivity index is 2.19. The van der Waals surface area contributed by atoms with E-state index in [-0.39, 0.29) is 29.2 Å². The van der Waals surface area contributed by atoms with Crippen molar-refractivity contribution in [1.82, 2.24) is 0 Å². The summed E-state index contributed by atoms with van der Waals surface area (Å²) in [5.41, 5.74) is 0.167. The summed E-state index contributed by atoms with van der Waals surface area (Å²) in [5.74, 6) is -1.28. The zero-order chi connectivity index (χ0) is 20.7. The number of hydrogen-bond donors (Lipinski definition) is 1. The van der Waals surface area contributed by atoms with Crippen LogP contribution < -0.4 is 0 Å². The second-order valence-corrected chi connectivity index (χ2v) is 5.61. The number of halogens is 3. The van der Waals surface area contributed by atoms with E-state index in [2.05, 4.69) is 15.1 Å². The fourth-order valence-corrected chi connectivity index (χ4v) is 2.34. The first-order chi connectivity index (χ1) is 13.2. The first kappa shape index (κ1) is 20.9. The Morgan fingerprint density at radius 2 is 1.82 bits per heavy atom. The maximum atomic E-state index is 12.8. The van der Waals surface area contributed by atoms with Crippen LogP contribution in [0.15, 0.2) is 58.8 Å². The number of nitrogens with zero attached hydrogens (tertiary/aromatic N) is 2. The SMILES string of the molecule is CON=C(C(=O)O)c1ccccc1CON=C(C)c1cccc(C(F)(F)F)c1. The molecule has 0 saturated heterocycles. The molecule has 0 bridgehead atoms. The third-order valence-electron chi connectivity index (χ3n) is 3.69. The predicted octanol–water partition coefficient (Wildman–Crippen LogP) is 4.08. The Kier molecular flexibility index (Phi) is 6.75. The van der Waals surface area contributed by atoms with Crippen LogP contribution in [0, 0.1) is 0 Å². The predicted molar refractivity (Wildman–Crippen MR) is 96.1 cm³/mol. The monoisotopic (exact) mass is 394 g/mol. The molecule has 0 radical (unpaired) electrons. The highest BCUT2D eigenvalue weighted by atomic mass is 19.4. The number of aliphatic carboxylic acids is 1. The van der Waals surface area contributed by atoms with Gasteiger partial charge in [0.2, 0.25) is 0 Å². The van der Waals surface area contributed by atoms with Gasteiger partial charge in [-0.25, -0.2) is 4.79 Å². The third kappa shape index (κ3) is 5.32. The number of benzene rings is 2. The Hall–Kier alpha value is -3.36. The molecule has 0 atom stereocenters. The zero-order valence-corrected chi connectivity index (χ0v) is 15.0. The molecule has 28 heavy (non-hydrogen) atoms. The van der Waals surface area contributed by atoms with Crippen molar-refractivity contribution in [3.63, 3.8) is 0 Å². The third-order valence-corrected chi connectivity index (χ3v) is 3.69. The van der Waals surface area contributed by atoms with Gasteiger partial charge in [0.25, 0.3) is 0 Å². The number of carboxylic acids is 1. The second kappa shape index (κ2) is 9.03. The van der Waals surface area contributed by atoms with Gasteiger partial charge in [-0.05, 0) is 24.6 Å². The Morgan fingerprint density at radius 1 is 1.11 bits per heavy atom. The van der Waals surface area contributed by atoms with Gasteiger partial charge < -0.3 is 14.8 Å². The molecule has 0 amide bonds. The number of hydrogen-bond acceptors (Lipinski definition) is 5. The lowest BCUT2D eigenvalue weighted by Crippen LogP contribution is -2.17. The molecule has 0 aliphatic heterocycles. The first-order valence-electron chi connectivity index (χ1n) is 8.01. The maximum absolute atomic E-state index is 12.8. The molecule has 1 N–H and O–H groups in total. The van der Waals surface area contributed by atoms with Crippen LogP contribution in [0.25, 0.3) is 0 Å². The number of carbonyl (C=O) groups is 1. The summed E-state index contributed by atoms with van der Waals surface area (Å²) in [6, 6.07) is 11.2. The van der Waals surface area contributed by atoms with E-state index in [1.54, 1.807) is 18.2 Å². The lowest BCUT2D eigenvalue weighted by atomic mass is 10.0. The highest BCUT2D eigenvalue weighted by Gasteiger charge is 2.30. The molecule has 0 aromatic heterocycles. The molecule has 2 rings (SSSR count). The topological polar surface area (TPSA) is 80.5 Å². The molecule has 2 aromatic rings. The fraction of sp³-hybridized carbons (Fsp3) is 0.211. The number of alkyl halides is 3. The van der Waals surface area contributed by atoms with Gasteiger partial charge in [0, 0.05) is 11.1 Å². The van der Waals surface area contributed by atoms with Gasteiger partial charge in [-0.2, -0.15) is 13.2 Å². The van der Waals surface area contributed by atoms with Crippen molar-refractivity contribution in [2.45, 2.75) is 19.7 Å². The summed E-state index contributed by atoms with van der Waals surface area (Å²) in [6.07, 6.45) is -4.45. The van der Waals surface area contributed by atoms with E-state index < -0.39 is 17.7 Å². The minimum absolute atomic E-state index is 0.109. The molecule has 0 spiro atoms. The molecule has 0 heterocycles. The quantitative estimate of drug-likeness (QED) is 0.567. The molecule has 0 fully saturated rings. The standard InChI is InChI=1S/C19H17F3N2O4/c1-12(13-7-5-8-15(10-13)19(20,21)22)23-28-11-14-6-3-4-9-16(14)17(18(25)26)24-27-2/h3-10H,11H2,1-2H3,(H,25,26). The average Bonchev–Trinajstić information content (AvgIpc) is 2.66. The summed E-state index contributed by atoms with van der Waals surface area (Å²) in [4.78, 5) is 21.1. The molecule has 9 heteroatoms. The van der Waals surface area contributed by atoms with Gasteiger partial charge in [0.05, 0.1) is 11.3 Å². The molecule has 6 nitrogen and oxygen atoms in total. The highest BCUT2D eigenvalue weighted by Crippen LogP contribution is 2.29. The van der Waals surface area contributed by atoms with Crippen molar-refractivity contribution >= 4 is 17.4 Å². The van der Waals surface area contributed by atoms with Crippen LogP contribution in [0.2, 0.25) is 0 Å². The smallest absolute Gasteiger partial charge is 0.416 e. The van der Waals surface area contributed by atoms with Gasteiger partial charge in [-0.3, -0.25) is 0 Å². The maximum Gasteiger partial charge on any atom is 0.416 e. The van der Waals surface area contributed by atoms with Crippen molar-refractivity contribution in [2.75, 3.05) is 7.11 Å². The Bertz CT molecular complexity index is 908. The van der Waals surface area contributed by atoms with Gasteiger partial charge in [0.1, 0.15) is 13.7 Å². The van der Waals surface area contributed by atoms with Crippen molar-refractivity contribution in [2.24, 2.45) is 10.3 Å². The minimum Gasteiger partial charge on any atom is -0.476 e. The molecule has 0 aliphatic carbocycles. The summed E-state index contributed by atoms with van der Waals surface area (Å²) in [6.45, 7) is 1.40. The largest absolute Gasteiger partial charge is 0.476 e. The molecular formula is C19H17F3N2O4. The summed E-state index contributed by atoms with van der Waals surface area (Å²) >= 11 is 0. The van der Waals surface area contributed by atoms with Crippen LogP contribution in [0.1, 0.15) is 29.2 Å². The van der Waals surface area contributed by atoms with Crippen LogP contribution in [0.5, 0.6) is 0 Å². The van der Waals surface area contributed by atoms with Gasteiger partial charge in [-0.15, -0.1) is 0 Å². The van der Waals surface area contributed by atoms with Gasteiger partial charge in [-0.1, -0.05) is 46.7 Å². The molecule has 0 aliphatic rings. The fourth-order valence-electron chi connectivity index (χ4n) is 2.34. The van der Waals surface area contributed by atoms with Crippen LogP contribution in [-0.4, -0.2) is 29.6 Å². The molecule has 0 saturated carbocycles. The molecule has 148 valence electrons. The van der Waals surface area contributed by atoms with Crippen LogP contribution >= 0.6 is 0 Å². The van der Waals surface area contributed by atoms with Gasteiger partial charge >= 0.3 is 12.1 Å². The van der Waals surface area contributed by atoms with Crippen molar-refractivity contribution in [3.05, 3.63) is 70.8 Å². The Morgan fingerprint density at radius 3 is 2.46 bits per heavy atom. The minimum atomic E-state index is -4.45. The van der Waals surface area contributed by atoms with Crippen LogP contribution in [-0.2, 0) is 27.3 Å². The van der Waals surface area contributed by atoms with E-state index in [0.717, 1.165) is 12.1 Å². The zero-order valence-electron chi connectivity index (χ0n) is 15.0. The highest BCUT2D eigenvalue weighted by molar-refractivity contribution is 6.42. The number of carboxylic acid groups (broad SMARTS) is 1. The van der Waals surface area contributed by atoms with Crippen molar-refractivity contribution in [3.8, 4) is 0 Å². The van der Waals surface area contributed by atoms with Crippen molar-refractivity contribution < 1.29 is 32.7 Å².